The molecule has 7 aliphatic heterocycles. The lowest BCUT2D eigenvalue weighted by molar-refractivity contribution is -0.416. The van der Waals surface area contributed by atoms with Crippen LogP contribution in [0.2, 0.25) is 0 Å². The van der Waals surface area contributed by atoms with Crippen LogP contribution < -0.4 is 16.4 Å². The molecule has 0 saturated carbocycles. The lowest BCUT2D eigenvalue weighted by Gasteiger charge is -2.37. The lowest BCUT2D eigenvalue weighted by atomic mass is 10.0. The number of carbonyl (C=O) groups is 10. The predicted molar refractivity (Wildman–Crippen MR) is 248 cm³/mol. The van der Waals surface area contributed by atoms with E-state index in [2.05, 4.69) is 16.4 Å². The van der Waals surface area contributed by atoms with Gasteiger partial charge < -0.3 is 60.9 Å². The average molecular weight is 984 g/mol. The van der Waals surface area contributed by atoms with Crippen LogP contribution in [-0.2, 0) is 47.9 Å². The summed E-state index contributed by atoms with van der Waals surface area (Å²) in [6.07, 6.45) is 6.56. The summed E-state index contributed by atoms with van der Waals surface area (Å²) >= 11 is 0. The van der Waals surface area contributed by atoms with Crippen molar-refractivity contribution < 1.29 is 63.9 Å². The molecule has 7 rings (SSSR count). The Kier molecular flexibility index (Phi) is 16.8. The van der Waals surface area contributed by atoms with Gasteiger partial charge in [0.25, 0.3) is 5.91 Å². The molecule has 9 amide bonds. The number of nitrogens with one attached hydrogen (secondary N) is 2. The fraction of sp³-hybridized carbons (Fsp3) is 0.792. The molecule has 22 heteroatoms. The number of aliphatic hydroxyl groups is 1. The van der Waals surface area contributed by atoms with E-state index in [1.807, 2.05) is 13.8 Å². The molecule has 7 fully saturated rings. The third-order valence-corrected chi connectivity index (χ3v) is 15.9. The van der Waals surface area contributed by atoms with Gasteiger partial charge in [0.1, 0.15) is 54.4 Å². The first-order valence-corrected chi connectivity index (χ1v) is 25.8. The number of carboxylic acid groups (broad SMARTS) is 1. The monoisotopic (exact) mass is 984 g/mol. The molecule has 0 unspecified atom stereocenters. The number of carbonyl (C=O) groups excluding carboxylic acids is 9. The maximum atomic E-state index is 14.5. The number of nitrogens with zero attached hydrogens (tertiary/aromatic N) is 7. The van der Waals surface area contributed by atoms with Gasteiger partial charge in [-0.25, -0.2) is 4.79 Å². The van der Waals surface area contributed by atoms with Crippen LogP contribution in [0.25, 0.3) is 0 Å². The van der Waals surface area contributed by atoms with Crippen LogP contribution >= 0.6 is 0 Å². The number of likely N-dealkylation sites (tertiary alicyclic amines) is 7. The van der Waals surface area contributed by atoms with E-state index in [1.165, 1.54) is 24.5 Å². The summed E-state index contributed by atoms with van der Waals surface area (Å²) in [5.74, 6) is -5.38. The van der Waals surface area contributed by atoms with Crippen molar-refractivity contribution in [3.63, 3.8) is 0 Å². The molecule has 0 aliphatic carbocycles. The van der Waals surface area contributed by atoms with Crippen LogP contribution in [-0.4, -0.2) is 216 Å². The zero-order chi connectivity index (χ0) is 50.7. The van der Waals surface area contributed by atoms with Crippen molar-refractivity contribution in [1.82, 2.24) is 44.9 Å². The molecule has 0 spiro atoms. The minimum absolute atomic E-state index is 0.00263. The predicted octanol–water partition coefficient (Wildman–Crippen LogP) is -2.11. The zero-order valence-electron chi connectivity index (χ0n) is 41.3. The van der Waals surface area contributed by atoms with Gasteiger partial charge in [0.05, 0.1) is 6.61 Å². The molecule has 0 bridgehead atoms. The second-order valence-electron chi connectivity index (χ2n) is 21.0. The number of amides is 9. The van der Waals surface area contributed by atoms with E-state index < -0.39 is 103 Å². The SMILES string of the molecule is CC(C)[C@H]([NH3+])C(=O)N1CCC[C@H]1C(=O)N1CCC[C@H]1C(=O)N1CCC[C@H]1C(=O)N[C@H](C(=O)N1CCC[C@H]1C(=O)N1CCC[C@H]1C(=O)N1CCC[C@H]1C(=O)N1CCC[C@H]1C(=O)N[C@@H](CO)C(=O)O)C(C)C. The summed E-state index contributed by atoms with van der Waals surface area (Å²) in [5.41, 5.74) is 4.04. The Labute approximate surface area is 409 Å². The van der Waals surface area contributed by atoms with E-state index in [9.17, 15) is 58.2 Å². The van der Waals surface area contributed by atoms with E-state index in [1.54, 1.807) is 23.6 Å². The highest BCUT2D eigenvalue weighted by atomic mass is 16.4. The van der Waals surface area contributed by atoms with Crippen molar-refractivity contribution in [2.45, 2.75) is 178 Å². The molecule has 388 valence electrons. The Morgan fingerprint density at radius 2 is 0.729 bits per heavy atom. The second kappa shape index (κ2) is 22.4. The largest absolute Gasteiger partial charge is 0.480 e. The highest BCUT2D eigenvalue weighted by molar-refractivity contribution is 5.99. The van der Waals surface area contributed by atoms with Crippen LogP contribution in [0.15, 0.2) is 0 Å². The van der Waals surface area contributed by atoms with E-state index in [0.29, 0.717) is 110 Å². The van der Waals surface area contributed by atoms with Crippen molar-refractivity contribution in [1.29, 1.82) is 0 Å². The minimum atomic E-state index is -1.53. The molecular formula is C48H75N10O12+. The summed E-state index contributed by atoms with van der Waals surface area (Å²) in [5, 5.41) is 24.0. The van der Waals surface area contributed by atoms with Gasteiger partial charge >= 0.3 is 5.97 Å². The number of quaternary nitrogens is 1. The van der Waals surface area contributed by atoms with Crippen LogP contribution in [0.1, 0.15) is 118 Å². The normalized spacial score (nSPS) is 28.2. The van der Waals surface area contributed by atoms with Crippen molar-refractivity contribution in [3.05, 3.63) is 0 Å². The van der Waals surface area contributed by atoms with E-state index >= 15 is 0 Å². The van der Waals surface area contributed by atoms with Gasteiger partial charge in [-0.1, -0.05) is 27.7 Å². The first-order valence-electron chi connectivity index (χ1n) is 25.8. The highest BCUT2D eigenvalue weighted by Crippen LogP contribution is 2.33. The van der Waals surface area contributed by atoms with Crippen LogP contribution in [0, 0.1) is 11.8 Å². The molecule has 0 aromatic heterocycles. The van der Waals surface area contributed by atoms with Gasteiger partial charge in [-0.2, -0.15) is 0 Å². The number of carboxylic acids is 1. The van der Waals surface area contributed by atoms with Gasteiger partial charge in [0.15, 0.2) is 6.04 Å². The maximum Gasteiger partial charge on any atom is 0.328 e. The smallest absolute Gasteiger partial charge is 0.328 e. The Morgan fingerprint density at radius 1 is 0.443 bits per heavy atom. The zero-order valence-corrected chi connectivity index (χ0v) is 41.3. The molecule has 7 N–H and O–H groups in total. The second-order valence-corrected chi connectivity index (χ2v) is 21.0. The summed E-state index contributed by atoms with van der Waals surface area (Å²) in [6.45, 7) is 8.79. The maximum absolute atomic E-state index is 14.5. The Balaban J connectivity index is 0.978. The number of aliphatic carboxylic acids is 1. The van der Waals surface area contributed by atoms with Crippen molar-refractivity contribution >= 4 is 59.1 Å². The van der Waals surface area contributed by atoms with Gasteiger partial charge in [-0.3, -0.25) is 43.2 Å². The Bertz CT molecular complexity index is 2050. The average Bonchev–Trinajstić information content (AvgIpc) is 4.20. The van der Waals surface area contributed by atoms with E-state index in [4.69, 9.17) is 0 Å². The number of hydrogen-bond acceptors (Lipinski definition) is 11. The molecule has 0 radical (unpaired) electrons. The fourth-order valence-corrected chi connectivity index (χ4v) is 11.9. The third kappa shape index (κ3) is 10.5. The molecule has 7 saturated heterocycles. The van der Waals surface area contributed by atoms with Gasteiger partial charge in [0, 0.05) is 51.7 Å². The fourth-order valence-electron chi connectivity index (χ4n) is 11.9. The summed E-state index contributed by atoms with van der Waals surface area (Å²) in [6, 6.07) is -8.98. The first-order chi connectivity index (χ1) is 33.4. The number of aliphatic hydroxyl groups excluding tert-OH is 1. The Morgan fingerprint density at radius 3 is 1.04 bits per heavy atom. The van der Waals surface area contributed by atoms with Crippen molar-refractivity contribution in [2.24, 2.45) is 11.8 Å². The lowest BCUT2D eigenvalue weighted by Crippen LogP contribution is -2.71. The van der Waals surface area contributed by atoms with Gasteiger partial charge in [-0.05, 0) is 95.8 Å². The molecule has 0 aromatic carbocycles. The summed E-state index contributed by atoms with van der Waals surface area (Å²) < 4.78 is 0. The molecule has 70 heavy (non-hydrogen) atoms. The number of rotatable bonds is 15. The van der Waals surface area contributed by atoms with Crippen LogP contribution in [0.5, 0.6) is 0 Å². The molecule has 7 aliphatic rings. The minimum Gasteiger partial charge on any atom is -0.480 e. The quantitative estimate of drug-likeness (QED) is 0.118. The van der Waals surface area contributed by atoms with Crippen molar-refractivity contribution in [3.8, 4) is 0 Å². The molecule has 7 heterocycles. The number of hydrogen-bond donors (Lipinski definition) is 5. The topological polar surface area (TPSA) is 286 Å². The summed E-state index contributed by atoms with van der Waals surface area (Å²) in [7, 11) is 0. The summed E-state index contributed by atoms with van der Waals surface area (Å²) in [4.78, 5) is 149. The van der Waals surface area contributed by atoms with E-state index in [-0.39, 0.29) is 61.6 Å². The molecule has 0 aromatic rings. The van der Waals surface area contributed by atoms with Gasteiger partial charge in [0.2, 0.25) is 47.3 Å². The first kappa shape index (κ1) is 52.4. The van der Waals surface area contributed by atoms with Gasteiger partial charge in [-0.15, -0.1) is 0 Å². The molecular weight excluding hydrogens is 909 g/mol. The Hall–Kier alpha value is -5.38. The third-order valence-electron chi connectivity index (χ3n) is 15.9. The standard InChI is InChI=1S/C48H74N10O12/c1-27(2)37(49)46(67)57-24-10-17-35(57)44(65)55-22-8-15-33(55)42(63)53-20-6-13-31(53)40(61)51-38(28(3)4)47(68)58-25-11-18-36(58)45(66)56-23-9-16-34(56)43(64)54-21-7-14-32(54)41(62)52-19-5-12-30(52)39(60)50-29(26-59)48(69)70/h27-38,59H,5-26,49H2,1-4H3,(H,50,60)(H,51,61)(H,69,70)/p+1/t29-,30-,31-,32-,33-,34-,35-,36-,37-,38-/m0/s1. The van der Waals surface area contributed by atoms with Crippen LogP contribution in [0.3, 0.4) is 0 Å². The molecule has 22 nitrogen and oxygen atoms in total. The highest BCUT2D eigenvalue weighted by Gasteiger charge is 2.50. The van der Waals surface area contributed by atoms with Crippen molar-refractivity contribution in [2.75, 3.05) is 52.4 Å². The van der Waals surface area contributed by atoms with E-state index in [0.717, 1.165) is 0 Å². The molecule has 10 atom stereocenters. The van der Waals surface area contributed by atoms with Crippen LogP contribution in [0.4, 0.5) is 0 Å².